The van der Waals surface area contributed by atoms with Crippen molar-refractivity contribution < 1.29 is 31.6 Å². The Morgan fingerprint density at radius 2 is 1.85 bits per heavy atom. The first kappa shape index (κ1) is 18.1. The summed E-state index contributed by atoms with van der Waals surface area (Å²) in [6, 6.07) is 5.89. The zero-order valence-corrected chi connectivity index (χ0v) is 14.2. The van der Waals surface area contributed by atoms with E-state index in [1.807, 2.05) is 0 Å². The summed E-state index contributed by atoms with van der Waals surface area (Å²) >= 11 is 0. The average molecular weight is 384 g/mol. The summed E-state index contributed by atoms with van der Waals surface area (Å²) in [4.78, 5) is 37.6. The quantitative estimate of drug-likeness (QED) is 0.466. The first-order valence-electron chi connectivity index (χ1n) is 7.68. The molecule has 0 aliphatic carbocycles. The molecule has 3 N–H and O–H groups in total. The van der Waals surface area contributed by atoms with Gasteiger partial charge in [-0.25, -0.2) is 4.79 Å². The molecule has 1 unspecified atom stereocenters. The van der Waals surface area contributed by atoms with Gasteiger partial charge in [0.15, 0.2) is 0 Å². The van der Waals surface area contributed by atoms with Crippen LogP contribution >= 0.6 is 0 Å². The van der Waals surface area contributed by atoms with Crippen molar-refractivity contribution in [3.63, 3.8) is 0 Å². The number of urea groups is 1. The molecule has 0 saturated carbocycles. The molecule has 12 heteroatoms. The van der Waals surface area contributed by atoms with Gasteiger partial charge >= 0.3 is 16.4 Å². The van der Waals surface area contributed by atoms with Crippen molar-refractivity contribution in [1.29, 1.82) is 0 Å². The SMILES string of the molecule is O=C(NNC(=O)[C@@H]1CCC2CN1C(=O)N2OS(=O)(=O)O)c1ccccc1. The van der Waals surface area contributed by atoms with Gasteiger partial charge in [-0.3, -0.25) is 25.0 Å². The fraction of sp³-hybridized carbons (Fsp3) is 0.357. The van der Waals surface area contributed by atoms with Crippen LogP contribution in [0.2, 0.25) is 0 Å². The molecule has 2 bridgehead atoms. The lowest BCUT2D eigenvalue weighted by molar-refractivity contribution is -0.126. The van der Waals surface area contributed by atoms with Crippen molar-refractivity contribution in [1.82, 2.24) is 20.8 Å². The normalized spacial score (nSPS) is 22.3. The molecule has 2 aliphatic heterocycles. The van der Waals surface area contributed by atoms with Crippen molar-refractivity contribution in [2.24, 2.45) is 0 Å². The Kier molecular flexibility index (Phi) is 4.80. The molecule has 3 rings (SSSR count). The highest BCUT2D eigenvalue weighted by atomic mass is 32.3. The summed E-state index contributed by atoms with van der Waals surface area (Å²) in [5.74, 6) is -1.13. The molecule has 4 amide bonds. The summed E-state index contributed by atoms with van der Waals surface area (Å²) < 4.78 is 34.7. The Morgan fingerprint density at radius 3 is 2.50 bits per heavy atom. The van der Waals surface area contributed by atoms with Crippen LogP contribution in [-0.2, 0) is 19.5 Å². The van der Waals surface area contributed by atoms with Crippen LogP contribution in [0.5, 0.6) is 0 Å². The molecule has 2 saturated heterocycles. The zero-order chi connectivity index (χ0) is 18.9. The maximum Gasteiger partial charge on any atom is 0.418 e. The number of hydroxylamine groups is 2. The average Bonchev–Trinajstić information content (AvgIpc) is 2.84. The van der Waals surface area contributed by atoms with Crippen LogP contribution < -0.4 is 10.9 Å². The number of hydrazine groups is 1. The van der Waals surface area contributed by atoms with Gasteiger partial charge < -0.3 is 4.90 Å². The number of carbonyl (C=O) groups excluding carboxylic acids is 3. The number of carbonyl (C=O) groups is 3. The first-order valence-corrected chi connectivity index (χ1v) is 9.05. The van der Waals surface area contributed by atoms with E-state index in [1.165, 1.54) is 0 Å². The minimum atomic E-state index is -4.85. The van der Waals surface area contributed by atoms with Crippen molar-refractivity contribution in [2.45, 2.75) is 24.9 Å². The smallest absolute Gasteiger partial charge is 0.309 e. The molecule has 2 atom stereocenters. The third-order valence-corrected chi connectivity index (χ3v) is 4.48. The summed E-state index contributed by atoms with van der Waals surface area (Å²) in [6.07, 6.45) is 0.539. The predicted molar refractivity (Wildman–Crippen MR) is 85.4 cm³/mol. The molecular weight excluding hydrogens is 368 g/mol. The molecular formula is C14H16N4O7S. The third-order valence-electron chi connectivity index (χ3n) is 4.14. The molecule has 140 valence electrons. The highest BCUT2D eigenvalue weighted by Crippen LogP contribution is 2.30. The van der Waals surface area contributed by atoms with Crippen LogP contribution in [0, 0.1) is 0 Å². The number of fused-ring (bicyclic) bond motifs is 2. The fourth-order valence-electron chi connectivity index (χ4n) is 2.97. The van der Waals surface area contributed by atoms with Gasteiger partial charge in [-0.2, -0.15) is 13.5 Å². The number of nitrogens with one attached hydrogen (secondary N) is 2. The lowest BCUT2D eigenvalue weighted by atomic mass is 10.0. The van der Waals surface area contributed by atoms with Crippen LogP contribution in [0.4, 0.5) is 4.79 Å². The van der Waals surface area contributed by atoms with Crippen LogP contribution in [0.1, 0.15) is 23.2 Å². The molecule has 2 heterocycles. The van der Waals surface area contributed by atoms with Crippen molar-refractivity contribution in [3.05, 3.63) is 35.9 Å². The molecule has 2 aliphatic rings. The largest absolute Gasteiger partial charge is 0.418 e. The Morgan fingerprint density at radius 1 is 1.15 bits per heavy atom. The van der Waals surface area contributed by atoms with E-state index in [2.05, 4.69) is 15.1 Å². The topological polar surface area (TPSA) is 145 Å². The molecule has 26 heavy (non-hydrogen) atoms. The van der Waals surface area contributed by atoms with E-state index in [4.69, 9.17) is 4.55 Å². The Balaban J connectivity index is 1.61. The van der Waals surface area contributed by atoms with Gasteiger partial charge in [0.1, 0.15) is 6.04 Å². The summed E-state index contributed by atoms with van der Waals surface area (Å²) in [7, 11) is -4.85. The number of hydrogen-bond acceptors (Lipinski definition) is 6. The standard InChI is InChI=1S/C14H16N4O7S/c19-12(9-4-2-1-3-5-9)15-16-13(20)11-7-6-10-8-17(11)14(21)18(10)25-26(22,23)24/h1-5,10-11H,6-8H2,(H,15,19)(H,16,20)(H,22,23,24)/t10?,11-/m0/s1. The minimum absolute atomic E-state index is 0.0685. The lowest BCUT2D eigenvalue weighted by Crippen LogP contribution is -2.54. The summed E-state index contributed by atoms with van der Waals surface area (Å²) in [5, 5.41) is 0.547. The Labute approximate surface area is 148 Å². The number of amides is 4. The van der Waals surface area contributed by atoms with Gasteiger partial charge in [0, 0.05) is 12.1 Å². The number of hydrogen-bond donors (Lipinski definition) is 3. The van der Waals surface area contributed by atoms with Gasteiger partial charge in [0.25, 0.3) is 11.8 Å². The van der Waals surface area contributed by atoms with E-state index in [0.717, 1.165) is 4.90 Å². The highest BCUT2D eigenvalue weighted by Gasteiger charge is 2.49. The van der Waals surface area contributed by atoms with Crippen LogP contribution in [-0.4, -0.2) is 59.4 Å². The highest BCUT2D eigenvalue weighted by molar-refractivity contribution is 7.80. The van der Waals surface area contributed by atoms with E-state index in [-0.39, 0.29) is 13.0 Å². The van der Waals surface area contributed by atoms with E-state index >= 15 is 0 Å². The number of rotatable bonds is 4. The molecule has 2 fully saturated rings. The molecule has 0 spiro atoms. The molecule has 0 aromatic heterocycles. The van der Waals surface area contributed by atoms with Gasteiger partial charge in [-0.1, -0.05) is 18.2 Å². The van der Waals surface area contributed by atoms with Gasteiger partial charge in [0.2, 0.25) is 0 Å². The number of nitrogens with zero attached hydrogens (tertiary/aromatic N) is 2. The minimum Gasteiger partial charge on any atom is -0.309 e. The van der Waals surface area contributed by atoms with Gasteiger partial charge in [-0.15, -0.1) is 4.28 Å². The lowest BCUT2D eigenvalue weighted by Gasteiger charge is -2.29. The van der Waals surface area contributed by atoms with Crippen LogP contribution in [0.25, 0.3) is 0 Å². The Hall–Kier alpha value is -2.70. The fourth-order valence-corrected chi connectivity index (χ4v) is 3.36. The summed E-state index contributed by atoms with van der Waals surface area (Å²) in [5.41, 5.74) is 4.87. The zero-order valence-electron chi connectivity index (χ0n) is 13.4. The maximum atomic E-state index is 12.3. The second-order valence-electron chi connectivity index (χ2n) is 5.82. The van der Waals surface area contributed by atoms with E-state index in [0.29, 0.717) is 17.0 Å². The van der Waals surface area contributed by atoms with E-state index in [9.17, 15) is 22.8 Å². The summed E-state index contributed by atoms with van der Waals surface area (Å²) in [6.45, 7) is 0.0685. The number of piperidine rings is 1. The molecule has 11 nitrogen and oxygen atoms in total. The van der Waals surface area contributed by atoms with Gasteiger partial charge in [0.05, 0.1) is 6.04 Å². The number of benzene rings is 1. The predicted octanol–water partition coefficient (Wildman–Crippen LogP) is -0.549. The van der Waals surface area contributed by atoms with Crippen molar-refractivity contribution in [3.8, 4) is 0 Å². The van der Waals surface area contributed by atoms with Crippen molar-refractivity contribution >= 4 is 28.2 Å². The third kappa shape index (κ3) is 3.76. The van der Waals surface area contributed by atoms with Gasteiger partial charge in [-0.05, 0) is 25.0 Å². The van der Waals surface area contributed by atoms with E-state index < -0.39 is 40.3 Å². The van der Waals surface area contributed by atoms with Crippen LogP contribution in [0.3, 0.4) is 0 Å². The monoisotopic (exact) mass is 384 g/mol. The second kappa shape index (κ2) is 6.90. The molecule has 1 aromatic carbocycles. The second-order valence-corrected chi connectivity index (χ2v) is 6.82. The molecule has 0 radical (unpaired) electrons. The first-order chi connectivity index (χ1) is 12.3. The molecule has 1 aromatic rings. The maximum absolute atomic E-state index is 12.3. The van der Waals surface area contributed by atoms with E-state index in [1.54, 1.807) is 30.3 Å². The Bertz CT molecular complexity index is 829. The van der Waals surface area contributed by atoms with Crippen molar-refractivity contribution in [2.75, 3.05) is 6.54 Å². The van der Waals surface area contributed by atoms with Crippen LogP contribution in [0.15, 0.2) is 30.3 Å².